The van der Waals surface area contributed by atoms with E-state index < -0.39 is 11.6 Å². The van der Waals surface area contributed by atoms with Crippen LogP contribution in [0.3, 0.4) is 0 Å². The quantitative estimate of drug-likeness (QED) is 0.912. The van der Waals surface area contributed by atoms with Crippen molar-refractivity contribution in [2.45, 2.75) is 31.2 Å². The first kappa shape index (κ1) is 17.2. The van der Waals surface area contributed by atoms with Crippen LogP contribution in [0.5, 0.6) is 0 Å². The zero-order valence-electron chi connectivity index (χ0n) is 14.7. The summed E-state index contributed by atoms with van der Waals surface area (Å²) in [5.74, 6) is -1.19. The Balaban J connectivity index is 1.60. The highest BCUT2D eigenvalue weighted by Crippen LogP contribution is 2.51. The van der Waals surface area contributed by atoms with E-state index in [-0.39, 0.29) is 28.8 Å². The van der Waals surface area contributed by atoms with Gasteiger partial charge in [0.05, 0.1) is 5.56 Å². The molecule has 0 radical (unpaired) electrons. The molecule has 1 saturated carbocycles. The van der Waals surface area contributed by atoms with E-state index >= 15 is 0 Å². The number of halogens is 2. The van der Waals surface area contributed by atoms with Crippen molar-refractivity contribution in [3.8, 4) is 11.1 Å². The molecule has 1 aliphatic heterocycles. The first-order valence-corrected chi connectivity index (χ1v) is 8.98. The van der Waals surface area contributed by atoms with Crippen molar-refractivity contribution in [1.82, 2.24) is 4.90 Å². The van der Waals surface area contributed by atoms with Crippen molar-refractivity contribution in [2.24, 2.45) is 11.7 Å². The van der Waals surface area contributed by atoms with Gasteiger partial charge in [0, 0.05) is 24.5 Å². The minimum Gasteiger partial charge on any atom is -0.341 e. The normalized spacial score (nSPS) is 27.6. The van der Waals surface area contributed by atoms with E-state index in [1.165, 1.54) is 18.2 Å². The van der Waals surface area contributed by atoms with Crippen LogP contribution in [0, 0.1) is 17.6 Å². The van der Waals surface area contributed by atoms with Crippen LogP contribution in [-0.4, -0.2) is 29.4 Å². The monoisotopic (exact) mass is 356 g/mol. The van der Waals surface area contributed by atoms with Crippen LogP contribution >= 0.6 is 0 Å². The van der Waals surface area contributed by atoms with Crippen LogP contribution in [0.15, 0.2) is 42.5 Å². The molecule has 2 aliphatic rings. The van der Waals surface area contributed by atoms with E-state index in [4.69, 9.17) is 5.73 Å². The Morgan fingerprint density at radius 2 is 1.85 bits per heavy atom. The first-order valence-electron chi connectivity index (χ1n) is 8.98. The maximum absolute atomic E-state index is 14.3. The molecule has 2 fully saturated rings. The standard InChI is InChI=1S/C21H22F2N2O/c1-21(24)9-10-25(12-21)20(26)16-11-15(16)13-5-2-3-6-14(13)19-17(22)7-4-8-18(19)23/h2-8,15-16H,9-12,24H2,1H3/t15-,16+,21?/m0/s1. The Morgan fingerprint density at radius 3 is 2.50 bits per heavy atom. The summed E-state index contributed by atoms with van der Waals surface area (Å²) in [6.45, 7) is 3.21. The van der Waals surface area contributed by atoms with E-state index in [1.54, 1.807) is 12.1 Å². The second kappa shape index (κ2) is 6.16. The fourth-order valence-corrected chi connectivity index (χ4v) is 4.02. The van der Waals surface area contributed by atoms with Gasteiger partial charge in [-0.2, -0.15) is 0 Å². The van der Waals surface area contributed by atoms with Crippen molar-refractivity contribution >= 4 is 5.91 Å². The summed E-state index contributed by atoms with van der Waals surface area (Å²) in [4.78, 5) is 14.6. The predicted molar refractivity (Wildman–Crippen MR) is 96.4 cm³/mol. The lowest BCUT2D eigenvalue weighted by atomic mass is 9.95. The summed E-state index contributed by atoms with van der Waals surface area (Å²) in [6.07, 6.45) is 1.51. The molecule has 1 heterocycles. The lowest BCUT2D eigenvalue weighted by molar-refractivity contribution is -0.131. The summed E-state index contributed by atoms with van der Waals surface area (Å²) >= 11 is 0. The highest BCUT2D eigenvalue weighted by molar-refractivity contribution is 5.84. The molecular formula is C21H22F2N2O. The molecule has 2 aromatic rings. The second-order valence-corrected chi connectivity index (χ2v) is 7.80. The Morgan fingerprint density at radius 1 is 1.15 bits per heavy atom. The molecule has 1 amide bonds. The molecule has 5 heteroatoms. The fourth-order valence-electron chi connectivity index (χ4n) is 4.02. The zero-order valence-corrected chi connectivity index (χ0v) is 14.7. The third-order valence-corrected chi connectivity index (χ3v) is 5.52. The molecule has 4 rings (SSSR count). The van der Waals surface area contributed by atoms with Gasteiger partial charge in [0.15, 0.2) is 0 Å². The van der Waals surface area contributed by atoms with Gasteiger partial charge in [-0.3, -0.25) is 4.79 Å². The number of hydrogen-bond donors (Lipinski definition) is 1. The van der Waals surface area contributed by atoms with Gasteiger partial charge in [0.1, 0.15) is 11.6 Å². The molecular weight excluding hydrogens is 334 g/mol. The van der Waals surface area contributed by atoms with E-state index in [1.807, 2.05) is 24.0 Å². The molecule has 0 bridgehead atoms. The van der Waals surface area contributed by atoms with Crippen molar-refractivity contribution in [3.05, 3.63) is 59.7 Å². The molecule has 3 nitrogen and oxygen atoms in total. The van der Waals surface area contributed by atoms with Crippen molar-refractivity contribution in [2.75, 3.05) is 13.1 Å². The number of rotatable bonds is 3. The number of nitrogens with two attached hydrogens (primary N) is 1. The lowest BCUT2D eigenvalue weighted by Crippen LogP contribution is -2.41. The van der Waals surface area contributed by atoms with E-state index in [2.05, 4.69) is 0 Å². The number of nitrogens with zero attached hydrogens (tertiary/aromatic N) is 1. The molecule has 136 valence electrons. The molecule has 0 spiro atoms. The predicted octanol–water partition coefficient (Wildman–Crippen LogP) is 3.69. The van der Waals surface area contributed by atoms with Gasteiger partial charge < -0.3 is 10.6 Å². The van der Waals surface area contributed by atoms with Gasteiger partial charge in [-0.1, -0.05) is 30.3 Å². The van der Waals surface area contributed by atoms with Crippen molar-refractivity contribution in [1.29, 1.82) is 0 Å². The largest absolute Gasteiger partial charge is 0.341 e. The van der Waals surface area contributed by atoms with Crippen LogP contribution in [0.25, 0.3) is 11.1 Å². The van der Waals surface area contributed by atoms with Crippen molar-refractivity contribution < 1.29 is 13.6 Å². The summed E-state index contributed by atoms with van der Waals surface area (Å²) in [7, 11) is 0. The minimum absolute atomic E-state index is 0.00216. The highest BCUT2D eigenvalue weighted by Gasteiger charge is 2.48. The number of likely N-dealkylation sites (tertiary alicyclic amines) is 1. The number of amides is 1. The summed E-state index contributed by atoms with van der Waals surface area (Å²) in [6, 6.07) is 11.1. The van der Waals surface area contributed by atoms with Crippen LogP contribution in [-0.2, 0) is 4.79 Å². The average molecular weight is 356 g/mol. The molecule has 3 atom stereocenters. The Labute approximate surface area is 151 Å². The zero-order chi connectivity index (χ0) is 18.5. The molecule has 1 unspecified atom stereocenters. The van der Waals surface area contributed by atoms with Gasteiger partial charge >= 0.3 is 0 Å². The van der Waals surface area contributed by atoms with E-state index in [0.29, 0.717) is 25.1 Å². The number of carbonyl (C=O) groups is 1. The highest BCUT2D eigenvalue weighted by atomic mass is 19.1. The Hall–Kier alpha value is -2.27. The maximum Gasteiger partial charge on any atom is 0.226 e. The topological polar surface area (TPSA) is 46.3 Å². The average Bonchev–Trinajstić information content (AvgIpc) is 3.31. The Bertz CT molecular complexity index is 845. The van der Waals surface area contributed by atoms with Crippen LogP contribution < -0.4 is 5.73 Å². The van der Waals surface area contributed by atoms with Gasteiger partial charge in [0.2, 0.25) is 5.91 Å². The van der Waals surface area contributed by atoms with E-state index in [0.717, 1.165) is 12.0 Å². The molecule has 2 N–H and O–H groups in total. The molecule has 26 heavy (non-hydrogen) atoms. The third kappa shape index (κ3) is 3.01. The van der Waals surface area contributed by atoms with Gasteiger partial charge in [-0.05, 0) is 48.9 Å². The fraction of sp³-hybridized carbons (Fsp3) is 0.381. The summed E-state index contributed by atoms with van der Waals surface area (Å²) in [5.41, 5.74) is 7.16. The van der Waals surface area contributed by atoms with Crippen LogP contribution in [0.4, 0.5) is 8.78 Å². The first-order chi connectivity index (χ1) is 12.4. The molecule has 0 aromatic heterocycles. The third-order valence-electron chi connectivity index (χ3n) is 5.52. The maximum atomic E-state index is 14.3. The lowest BCUT2D eigenvalue weighted by Gasteiger charge is -2.20. The Kier molecular flexibility index (Phi) is 4.07. The summed E-state index contributed by atoms with van der Waals surface area (Å²) in [5, 5.41) is 0. The van der Waals surface area contributed by atoms with Crippen LogP contribution in [0.1, 0.15) is 31.2 Å². The second-order valence-electron chi connectivity index (χ2n) is 7.80. The SMILES string of the molecule is CC1(N)CCN(C(=O)[C@@H]2C[C@H]2c2ccccc2-c2c(F)cccc2F)C1. The molecule has 1 aliphatic carbocycles. The summed E-state index contributed by atoms with van der Waals surface area (Å²) < 4.78 is 28.5. The smallest absolute Gasteiger partial charge is 0.226 e. The van der Waals surface area contributed by atoms with Crippen molar-refractivity contribution in [3.63, 3.8) is 0 Å². The minimum atomic E-state index is -0.584. The number of benzene rings is 2. The molecule has 2 aromatic carbocycles. The van der Waals surface area contributed by atoms with Gasteiger partial charge in [0.25, 0.3) is 0 Å². The molecule has 1 saturated heterocycles. The van der Waals surface area contributed by atoms with E-state index in [9.17, 15) is 13.6 Å². The number of hydrogen-bond acceptors (Lipinski definition) is 2. The van der Waals surface area contributed by atoms with Gasteiger partial charge in [-0.25, -0.2) is 8.78 Å². The number of carbonyl (C=O) groups excluding carboxylic acids is 1. The van der Waals surface area contributed by atoms with Crippen LogP contribution in [0.2, 0.25) is 0 Å². The van der Waals surface area contributed by atoms with Gasteiger partial charge in [-0.15, -0.1) is 0 Å².